The summed E-state index contributed by atoms with van der Waals surface area (Å²) < 4.78 is 23.8. The Hall–Kier alpha value is -2.67. The van der Waals surface area contributed by atoms with Crippen LogP contribution >= 0.6 is 0 Å². The maximum Gasteiger partial charge on any atom is 0.258 e. The number of ether oxygens (including phenoxy) is 1. The molecule has 7 heteroatoms. The number of hydrogen-bond acceptors (Lipinski definition) is 6. The van der Waals surface area contributed by atoms with Crippen molar-refractivity contribution in [2.24, 2.45) is 0 Å². The number of rotatable bonds is 7. The van der Waals surface area contributed by atoms with E-state index in [1.54, 1.807) is 6.07 Å². The first-order valence-electron chi connectivity index (χ1n) is 10.2. The second-order valence-electron chi connectivity index (χ2n) is 7.74. The van der Waals surface area contributed by atoms with Crippen molar-refractivity contribution in [2.45, 2.75) is 51.7 Å². The normalized spacial score (nSPS) is 18.9. The zero-order valence-electron chi connectivity index (χ0n) is 16.9. The zero-order chi connectivity index (χ0) is 20.4. The van der Waals surface area contributed by atoms with Gasteiger partial charge in [0.05, 0.1) is 11.8 Å². The van der Waals surface area contributed by atoms with Crippen LogP contribution in [0.3, 0.4) is 0 Å². The Morgan fingerprint density at radius 1 is 1.34 bits per heavy atom. The molecule has 4 rings (SSSR count). The molecule has 0 amide bonds. The van der Waals surface area contributed by atoms with E-state index in [0.29, 0.717) is 29.7 Å². The summed E-state index contributed by atoms with van der Waals surface area (Å²) in [6, 6.07) is 5.75. The SMILES string of the molecule is CC(C)Oc1ccc(-c2nc(C3=CCCC4=C3CC[C@@H]4NCCF)no2)cc1N. The molecule has 0 unspecified atom stereocenters. The molecule has 1 atom stereocenters. The molecule has 2 aliphatic rings. The molecular formula is C22H27FN4O2. The minimum Gasteiger partial charge on any atom is -0.489 e. The monoisotopic (exact) mass is 398 g/mol. The van der Waals surface area contributed by atoms with Crippen LogP contribution in [0.4, 0.5) is 10.1 Å². The van der Waals surface area contributed by atoms with Crippen LogP contribution in [-0.2, 0) is 0 Å². The number of hydrogen-bond donors (Lipinski definition) is 2. The lowest BCUT2D eigenvalue weighted by molar-refractivity contribution is 0.244. The van der Waals surface area contributed by atoms with Crippen LogP contribution in [0.25, 0.3) is 17.0 Å². The molecular weight excluding hydrogens is 371 g/mol. The van der Waals surface area contributed by atoms with E-state index in [9.17, 15) is 4.39 Å². The molecule has 1 heterocycles. The number of nitrogens with two attached hydrogens (primary N) is 1. The van der Waals surface area contributed by atoms with Crippen molar-refractivity contribution in [2.75, 3.05) is 19.0 Å². The molecule has 3 N–H and O–H groups in total. The third-order valence-corrected chi connectivity index (χ3v) is 5.35. The van der Waals surface area contributed by atoms with E-state index in [2.05, 4.69) is 21.5 Å². The van der Waals surface area contributed by atoms with Crippen molar-refractivity contribution in [3.8, 4) is 17.2 Å². The molecule has 1 aromatic heterocycles. The van der Waals surface area contributed by atoms with Gasteiger partial charge in [-0.05, 0) is 68.9 Å². The number of allylic oxidation sites excluding steroid dienone is 3. The minimum absolute atomic E-state index is 0.0495. The summed E-state index contributed by atoms with van der Waals surface area (Å²) in [6.07, 6.45) is 6.10. The molecule has 0 spiro atoms. The van der Waals surface area contributed by atoms with Gasteiger partial charge >= 0.3 is 0 Å². The molecule has 0 bridgehead atoms. The van der Waals surface area contributed by atoms with Crippen LogP contribution in [0.5, 0.6) is 5.75 Å². The number of anilines is 1. The number of alkyl halides is 1. The first-order valence-corrected chi connectivity index (χ1v) is 10.2. The Kier molecular flexibility index (Phi) is 5.67. The van der Waals surface area contributed by atoms with E-state index in [4.69, 9.17) is 15.0 Å². The molecule has 2 aromatic rings. The molecule has 29 heavy (non-hydrogen) atoms. The van der Waals surface area contributed by atoms with Gasteiger partial charge in [-0.25, -0.2) is 4.39 Å². The molecule has 0 fully saturated rings. The lowest BCUT2D eigenvalue weighted by Crippen LogP contribution is -2.30. The Balaban J connectivity index is 1.56. The maximum atomic E-state index is 12.6. The molecule has 6 nitrogen and oxygen atoms in total. The van der Waals surface area contributed by atoms with Crippen LogP contribution in [-0.4, -0.2) is 35.5 Å². The van der Waals surface area contributed by atoms with Gasteiger partial charge in [0.15, 0.2) is 0 Å². The van der Waals surface area contributed by atoms with Crippen molar-refractivity contribution in [1.82, 2.24) is 15.5 Å². The second kappa shape index (κ2) is 8.37. The highest BCUT2D eigenvalue weighted by atomic mass is 19.1. The van der Waals surface area contributed by atoms with E-state index < -0.39 is 0 Å². The van der Waals surface area contributed by atoms with Crippen LogP contribution in [0.1, 0.15) is 45.4 Å². The number of nitrogens with zero attached hydrogens (tertiary/aromatic N) is 2. The maximum absolute atomic E-state index is 12.6. The van der Waals surface area contributed by atoms with E-state index in [1.165, 1.54) is 11.1 Å². The van der Waals surface area contributed by atoms with Crippen LogP contribution in [0.2, 0.25) is 0 Å². The molecule has 0 saturated carbocycles. The number of nitrogens with one attached hydrogen (secondary N) is 1. The van der Waals surface area contributed by atoms with Gasteiger partial charge in [0.2, 0.25) is 5.82 Å². The summed E-state index contributed by atoms with van der Waals surface area (Å²) in [5.41, 5.74) is 11.1. The summed E-state index contributed by atoms with van der Waals surface area (Å²) in [4.78, 5) is 4.63. The van der Waals surface area contributed by atoms with E-state index >= 15 is 0 Å². The Bertz CT molecular complexity index is 948. The number of benzene rings is 1. The van der Waals surface area contributed by atoms with Crippen LogP contribution in [0, 0.1) is 0 Å². The van der Waals surface area contributed by atoms with Gasteiger partial charge in [-0.1, -0.05) is 11.2 Å². The standard InChI is InChI=1S/C22H27FN4O2/c1-13(2)28-20-9-6-14(12-18(20)24)22-26-21(27-29-22)17-5-3-4-16-15(17)7-8-19(16)25-11-10-23/h5-6,9,12-13,19,25H,3-4,7-8,10-11,24H2,1-2H3/t19-/m0/s1. The van der Waals surface area contributed by atoms with E-state index in [-0.39, 0.29) is 18.8 Å². The minimum atomic E-state index is -0.347. The third-order valence-electron chi connectivity index (χ3n) is 5.35. The lowest BCUT2D eigenvalue weighted by atomic mass is 9.91. The van der Waals surface area contributed by atoms with Crippen molar-refractivity contribution in [3.63, 3.8) is 0 Å². The summed E-state index contributed by atoms with van der Waals surface area (Å²) in [7, 11) is 0. The van der Waals surface area contributed by atoms with Gasteiger partial charge in [0, 0.05) is 23.7 Å². The fraction of sp³-hybridized carbons (Fsp3) is 0.455. The smallest absolute Gasteiger partial charge is 0.258 e. The quantitative estimate of drug-likeness (QED) is 0.676. The fourth-order valence-corrected chi connectivity index (χ4v) is 4.13. The Morgan fingerprint density at radius 2 is 2.21 bits per heavy atom. The van der Waals surface area contributed by atoms with Crippen molar-refractivity contribution < 1.29 is 13.7 Å². The predicted molar refractivity (Wildman–Crippen MR) is 111 cm³/mol. The predicted octanol–water partition coefficient (Wildman–Crippen LogP) is 4.30. The molecule has 154 valence electrons. The van der Waals surface area contributed by atoms with Crippen LogP contribution < -0.4 is 15.8 Å². The average Bonchev–Trinajstić information content (AvgIpc) is 3.35. The van der Waals surface area contributed by atoms with Gasteiger partial charge in [-0.3, -0.25) is 0 Å². The van der Waals surface area contributed by atoms with E-state index in [1.807, 2.05) is 26.0 Å². The summed E-state index contributed by atoms with van der Waals surface area (Å²) in [5.74, 6) is 1.67. The largest absolute Gasteiger partial charge is 0.489 e. The molecule has 0 radical (unpaired) electrons. The van der Waals surface area contributed by atoms with Crippen molar-refractivity contribution in [3.05, 3.63) is 41.2 Å². The topological polar surface area (TPSA) is 86.2 Å². The van der Waals surface area contributed by atoms with Crippen molar-refractivity contribution in [1.29, 1.82) is 0 Å². The van der Waals surface area contributed by atoms with Gasteiger partial charge in [0.1, 0.15) is 12.4 Å². The van der Waals surface area contributed by atoms with Gasteiger partial charge < -0.3 is 20.3 Å². The first kappa shape index (κ1) is 19.6. The molecule has 1 aromatic carbocycles. The molecule has 2 aliphatic carbocycles. The lowest BCUT2D eigenvalue weighted by Gasteiger charge is -2.19. The Morgan fingerprint density at radius 3 is 2.97 bits per heavy atom. The number of halogens is 1. The van der Waals surface area contributed by atoms with Gasteiger partial charge in [-0.2, -0.15) is 4.98 Å². The zero-order valence-corrected chi connectivity index (χ0v) is 16.9. The highest BCUT2D eigenvalue weighted by molar-refractivity contribution is 5.79. The van der Waals surface area contributed by atoms with Crippen molar-refractivity contribution >= 4 is 11.3 Å². The number of nitrogen functional groups attached to an aromatic ring is 1. The molecule has 0 aliphatic heterocycles. The first-order chi connectivity index (χ1) is 14.1. The third kappa shape index (κ3) is 4.05. The van der Waals surface area contributed by atoms with Crippen LogP contribution in [0.15, 0.2) is 39.9 Å². The number of aromatic nitrogens is 2. The molecule has 0 saturated heterocycles. The average molecular weight is 398 g/mol. The summed E-state index contributed by atoms with van der Waals surface area (Å²) in [6.45, 7) is 3.96. The summed E-state index contributed by atoms with van der Waals surface area (Å²) >= 11 is 0. The Labute approximate surface area is 170 Å². The second-order valence-corrected chi connectivity index (χ2v) is 7.74. The summed E-state index contributed by atoms with van der Waals surface area (Å²) in [5, 5.41) is 7.53. The van der Waals surface area contributed by atoms with Gasteiger partial charge in [0.25, 0.3) is 5.89 Å². The highest BCUT2D eigenvalue weighted by Crippen LogP contribution is 2.41. The highest BCUT2D eigenvalue weighted by Gasteiger charge is 2.30. The van der Waals surface area contributed by atoms with E-state index in [0.717, 1.165) is 36.8 Å². The fourth-order valence-electron chi connectivity index (χ4n) is 4.13. The van der Waals surface area contributed by atoms with Gasteiger partial charge in [-0.15, -0.1) is 0 Å².